The van der Waals surface area contributed by atoms with Gasteiger partial charge >= 0.3 is 0 Å². The van der Waals surface area contributed by atoms with Gasteiger partial charge in [-0.1, -0.05) is 24.1 Å². The lowest BCUT2D eigenvalue weighted by Crippen LogP contribution is -2.13. The molecule has 2 rings (SSSR count). The quantitative estimate of drug-likeness (QED) is 0.619. The number of aryl methyl sites for hydroxylation is 1. The van der Waals surface area contributed by atoms with Crippen molar-refractivity contribution in [1.29, 1.82) is 0 Å². The van der Waals surface area contributed by atoms with Gasteiger partial charge < -0.3 is 4.57 Å². The molecule has 15 heavy (non-hydrogen) atoms. The lowest BCUT2D eigenvalue weighted by molar-refractivity contribution is 0.701. The minimum Gasteiger partial charge on any atom is -0.350 e. The van der Waals surface area contributed by atoms with Crippen LogP contribution in [0.15, 0.2) is 30.5 Å². The van der Waals surface area contributed by atoms with Gasteiger partial charge in [-0.15, -0.1) is 6.42 Å². The Morgan fingerprint density at radius 1 is 1.27 bits per heavy atom. The van der Waals surface area contributed by atoms with Gasteiger partial charge in [0, 0.05) is 24.1 Å². The third-order valence-corrected chi connectivity index (χ3v) is 2.93. The zero-order valence-corrected chi connectivity index (χ0v) is 9.41. The average Bonchev–Trinajstić information content (AvgIpc) is 2.58. The van der Waals surface area contributed by atoms with Crippen LogP contribution in [-0.2, 0) is 12.5 Å². The highest BCUT2D eigenvalue weighted by atomic mass is 14.9. The van der Waals surface area contributed by atoms with Crippen molar-refractivity contribution in [1.82, 2.24) is 4.57 Å². The number of fused-ring (bicyclic) bond motifs is 1. The Morgan fingerprint density at radius 3 is 2.60 bits per heavy atom. The fraction of sp³-hybridized carbons (Fsp3) is 0.286. The molecule has 0 amide bonds. The summed E-state index contributed by atoms with van der Waals surface area (Å²) in [5.74, 6) is 2.85. The molecule has 0 saturated carbocycles. The van der Waals surface area contributed by atoms with Crippen molar-refractivity contribution in [2.75, 3.05) is 0 Å². The summed E-state index contributed by atoms with van der Waals surface area (Å²) in [5.41, 5.74) is 2.25. The van der Waals surface area contributed by atoms with Crippen LogP contribution < -0.4 is 0 Å². The van der Waals surface area contributed by atoms with Crippen LogP contribution in [0.25, 0.3) is 10.9 Å². The van der Waals surface area contributed by atoms with Crippen molar-refractivity contribution in [2.24, 2.45) is 7.05 Å². The minimum absolute atomic E-state index is 0.207. The Labute approximate surface area is 90.7 Å². The third kappa shape index (κ3) is 1.43. The van der Waals surface area contributed by atoms with Gasteiger partial charge in [-0.25, -0.2) is 0 Å². The first-order valence-corrected chi connectivity index (χ1v) is 5.08. The molecular weight excluding hydrogens is 182 g/mol. The lowest BCUT2D eigenvalue weighted by Gasteiger charge is -2.16. The Morgan fingerprint density at radius 2 is 1.93 bits per heavy atom. The monoisotopic (exact) mass is 197 g/mol. The smallest absolute Gasteiger partial charge is 0.0525 e. The number of aromatic nitrogens is 1. The van der Waals surface area contributed by atoms with E-state index in [-0.39, 0.29) is 5.41 Å². The van der Waals surface area contributed by atoms with Gasteiger partial charge in [-0.3, -0.25) is 0 Å². The Kier molecular flexibility index (Phi) is 2.08. The van der Waals surface area contributed by atoms with Crippen molar-refractivity contribution in [3.05, 3.63) is 36.0 Å². The van der Waals surface area contributed by atoms with Crippen LogP contribution in [-0.4, -0.2) is 4.57 Å². The van der Waals surface area contributed by atoms with Gasteiger partial charge in [-0.2, -0.15) is 0 Å². The fourth-order valence-corrected chi connectivity index (χ4v) is 1.92. The van der Waals surface area contributed by atoms with E-state index in [2.05, 4.69) is 61.8 Å². The highest BCUT2D eigenvalue weighted by Crippen LogP contribution is 2.30. The molecule has 76 valence electrons. The van der Waals surface area contributed by atoms with E-state index in [4.69, 9.17) is 6.42 Å². The molecule has 2 aromatic rings. The van der Waals surface area contributed by atoms with Gasteiger partial charge in [0.1, 0.15) is 0 Å². The van der Waals surface area contributed by atoms with Crippen LogP contribution in [0.1, 0.15) is 19.4 Å². The van der Waals surface area contributed by atoms with Crippen molar-refractivity contribution in [3.63, 3.8) is 0 Å². The van der Waals surface area contributed by atoms with Gasteiger partial charge in [0.15, 0.2) is 0 Å². The van der Waals surface area contributed by atoms with E-state index in [0.29, 0.717) is 0 Å². The van der Waals surface area contributed by atoms with E-state index in [1.165, 1.54) is 16.5 Å². The van der Waals surface area contributed by atoms with Crippen molar-refractivity contribution in [2.45, 2.75) is 19.3 Å². The molecular formula is C14H15N. The molecule has 0 spiro atoms. The van der Waals surface area contributed by atoms with E-state index in [1.54, 1.807) is 0 Å². The molecule has 1 heterocycles. The molecule has 1 nitrogen and oxygen atoms in total. The maximum absolute atomic E-state index is 5.58. The number of hydrogen-bond donors (Lipinski definition) is 0. The molecule has 0 aliphatic rings. The first-order valence-electron chi connectivity index (χ1n) is 5.08. The predicted molar refractivity (Wildman–Crippen MR) is 64.8 cm³/mol. The molecule has 1 heteroatoms. The van der Waals surface area contributed by atoms with Crippen LogP contribution in [0.3, 0.4) is 0 Å². The second kappa shape index (κ2) is 3.17. The van der Waals surface area contributed by atoms with Crippen LogP contribution in [0, 0.1) is 12.3 Å². The minimum atomic E-state index is -0.207. The number of benzene rings is 1. The SMILES string of the molecule is C#CC(C)(C)c1cn(C)c2ccccc12. The van der Waals surface area contributed by atoms with Gasteiger partial charge in [0.05, 0.1) is 5.41 Å². The largest absolute Gasteiger partial charge is 0.350 e. The summed E-state index contributed by atoms with van der Waals surface area (Å²) in [4.78, 5) is 0. The molecule has 0 aliphatic carbocycles. The van der Waals surface area contributed by atoms with Crippen molar-refractivity contribution in [3.8, 4) is 12.3 Å². The van der Waals surface area contributed by atoms with Gasteiger partial charge in [0.2, 0.25) is 0 Å². The Bertz CT molecular complexity index is 538. The summed E-state index contributed by atoms with van der Waals surface area (Å²) in [6.45, 7) is 4.16. The molecule has 0 fully saturated rings. The van der Waals surface area contributed by atoms with Crippen LogP contribution >= 0.6 is 0 Å². The topological polar surface area (TPSA) is 4.93 Å². The average molecular weight is 197 g/mol. The molecule has 0 bridgehead atoms. The molecule has 0 unspecified atom stereocenters. The maximum atomic E-state index is 5.58. The third-order valence-electron chi connectivity index (χ3n) is 2.93. The summed E-state index contributed by atoms with van der Waals surface area (Å²) in [6, 6.07) is 8.35. The summed E-state index contributed by atoms with van der Waals surface area (Å²) in [5, 5.41) is 1.25. The van der Waals surface area contributed by atoms with E-state index in [9.17, 15) is 0 Å². The summed E-state index contributed by atoms with van der Waals surface area (Å²) >= 11 is 0. The number of nitrogens with zero attached hydrogens (tertiary/aromatic N) is 1. The summed E-state index contributed by atoms with van der Waals surface area (Å²) in [7, 11) is 2.05. The lowest BCUT2D eigenvalue weighted by atomic mass is 9.85. The van der Waals surface area contributed by atoms with E-state index < -0.39 is 0 Å². The number of rotatable bonds is 1. The molecule has 0 radical (unpaired) electrons. The normalized spacial score (nSPS) is 11.6. The number of para-hydroxylation sites is 1. The predicted octanol–water partition coefficient (Wildman–Crippen LogP) is 3.09. The van der Waals surface area contributed by atoms with Crippen LogP contribution in [0.5, 0.6) is 0 Å². The highest BCUT2D eigenvalue weighted by Gasteiger charge is 2.21. The molecule has 1 aromatic heterocycles. The van der Waals surface area contributed by atoms with Gasteiger partial charge in [0.25, 0.3) is 0 Å². The van der Waals surface area contributed by atoms with Crippen molar-refractivity contribution < 1.29 is 0 Å². The van der Waals surface area contributed by atoms with E-state index in [0.717, 1.165) is 0 Å². The molecule has 0 N–H and O–H groups in total. The van der Waals surface area contributed by atoms with Crippen LogP contribution in [0.2, 0.25) is 0 Å². The summed E-state index contributed by atoms with van der Waals surface area (Å²) in [6.07, 6.45) is 7.71. The van der Waals surface area contributed by atoms with Gasteiger partial charge in [-0.05, 0) is 25.5 Å². The zero-order valence-electron chi connectivity index (χ0n) is 9.41. The standard InChI is InChI=1S/C14H15N/c1-5-14(2,3)12-10-15(4)13-9-7-6-8-11(12)13/h1,6-10H,2-4H3. The zero-order chi connectivity index (χ0) is 11.1. The summed E-state index contributed by atoms with van der Waals surface area (Å²) < 4.78 is 2.13. The second-order valence-corrected chi connectivity index (χ2v) is 4.44. The molecule has 0 saturated heterocycles. The van der Waals surface area contributed by atoms with E-state index in [1.807, 2.05) is 0 Å². The fourth-order valence-electron chi connectivity index (χ4n) is 1.92. The Hall–Kier alpha value is -1.68. The highest BCUT2D eigenvalue weighted by molar-refractivity contribution is 5.85. The van der Waals surface area contributed by atoms with E-state index >= 15 is 0 Å². The first kappa shape index (κ1) is 9.86. The Balaban J connectivity index is 2.80. The van der Waals surface area contributed by atoms with Crippen LogP contribution in [0.4, 0.5) is 0 Å². The second-order valence-electron chi connectivity index (χ2n) is 4.44. The van der Waals surface area contributed by atoms with Crippen molar-refractivity contribution >= 4 is 10.9 Å². The number of terminal acetylenes is 1. The maximum Gasteiger partial charge on any atom is 0.0525 e. The molecule has 0 atom stereocenters. The molecule has 1 aromatic carbocycles. The first-order chi connectivity index (χ1) is 7.06. The number of hydrogen-bond acceptors (Lipinski definition) is 0. The molecule has 0 aliphatic heterocycles.